The third kappa shape index (κ3) is 1.63. The van der Waals surface area contributed by atoms with Crippen LogP contribution < -0.4 is 0 Å². The highest BCUT2D eigenvalue weighted by Crippen LogP contribution is 2.39. The number of aromatic nitrogens is 1. The van der Waals surface area contributed by atoms with E-state index in [1.165, 1.54) is 39.7 Å². The van der Waals surface area contributed by atoms with Crippen molar-refractivity contribution in [2.75, 3.05) is 0 Å². The lowest BCUT2D eigenvalue weighted by molar-refractivity contribution is 0.837. The second-order valence-corrected chi connectivity index (χ2v) is 5.64. The van der Waals surface area contributed by atoms with E-state index < -0.39 is 0 Å². The lowest BCUT2D eigenvalue weighted by atomic mass is 10.0. The van der Waals surface area contributed by atoms with Crippen LogP contribution in [0.4, 0.5) is 0 Å². The van der Waals surface area contributed by atoms with E-state index in [-0.39, 0.29) is 0 Å². The van der Waals surface area contributed by atoms with Gasteiger partial charge in [0.15, 0.2) is 0 Å². The van der Waals surface area contributed by atoms with Crippen molar-refractivity contribution in [1.29, 1.82) is 0 Å². The Morgan fingerprint density at radius 1 is 0.950 bits per heavy atom. The fourth-order valence-electron chi connectivity index (χ4n) is 3.49. The number of alkyl halides is 1. The van der Waals surface area contributed by atoms with Crippen LogP contribution in [0.25, 0.3) is 22.2 Å². The Balaban J connectivity index is 2.15. The minimum atomic E-state index is 0.504. The van der Waals surface area contributed by atoms with E-state index in [1.54, 1.807) is 0 Å². The molecule has 3 aromatic rings. The Kier molecular flexibility index (Phi) is 2.82. The van der Waals surface area contributed by atoms with Gasteiger partial charge in [-0.15, -0.1) is 11.6 Å². The van der Waals surface area contributed by atoms with E-state index in [2.05, 4.69) is 53.1 Å². The molecule has 0 fully saturated rings. The standard InChI is InChI=1S/C18H16ClN/c19-12-20-17-11-4-3-9-15(17)16-10-5-7-13-6-1-2-8-14(13)18(16)20/h1-4,6,8-9,11H,5,7,10,12H2. The third-order valence-corrected chi connectivity index (χ3v) is 4.58. The average molecular weight is 282 g/mol. The van der Waals surface area contributed by atoms with Crippen molar-refractivity contribution in [1.82, 2.24) is 4.57 Å². The first-order chi connectivity index (χ1) is 9.90. The zero-order chi connectivity index (χ0) is 13.5. The summed E-state index contributed by atoms with van der Waals surface area (Å²) in [7, 11) is 0. The molecule has 0 spiro atoms. The highest BCUT2D eigenvalue weighted by atomic mass is 35.5. The summed E-state index contributed by atoms with van der Waals surface area (Å²) in [5.74, 6) is 0. The van der Waals surface area contributed by atoms with Crippen molar-refractivity contribution < 1.29 is 0 Å². The second-order valence-electron chi connectivity index (χ2n) is 5.40. The lowest BCUT2D eigenvalue weighted by Gasteiger charge is -2.11. The van der Waals surface area contributed by atoms with Gasteiger partial charge in [0.1, 0.15) is 0 Å². The van der Waals surface area contributed by atoms with Gasteiger partial charge in [0.05, 0.1) is 11.7 Å². The summed E-state index contributed by atoms with van der Waals surface area (Å²) in [6, 6.07) is 17.9. The molecule has 0 atom stereocenters. The largest absolute Gasteiger partial charge is 0.326 e. The highest BCUT2D eigenvalue weighted by molar-refractivity contribution is 6.16. The van der Waals surface area contributed by atoms with Gasteiger partial charge >= 0.3 is 0 Å². The summed E-state index contributed by atoms with van der Waals surface area (Å²) < 4.78 is 2.26. The predicted octanol–water partition coefficient (Wildman–Crippen LogP) is 4.99. The number of benzene rings is 2. The summed E-state index contributed by atoms with van der Waals surface area (Å²) in [6.07, 6.45) is 3.50. The van der Waals surface area contributed by atoms with E-state index >= 15 is 0 Å². The van der Waals surface area contributed by atoms with Gasteiger partial charge in [-0.05, 0) is 36.5 Å². The van der Waals surface area contributed by atoms with Crippen molar-refractivity contribution in [3.8, 4) is 11.3 Å². The van der Waals surface area contributed by atoms with Crippen LogP contribution >= 0.6 is 11.6 Å². The van der Waals surface area contributed by atoms with Crippen LogP contribution in [0.2, 0.25) is 0 Å². The first-order valence-corrected chi connectivity index (χ1v) is 7.68. The van der Waals surface area contributed by atoms with Crippen molar-refractivity contribution >= 4 is 22.5 Å². The van der Waals surface area contributed by atoms with Crippen molar-refractivity contribution in [2.24, 2.45) is 0 Å². The van der Waals surface area contributed by atoms with E-state index in [0.29, 0.717) is 6.00 Å². The first kappa shape index (κ1) is 12.0. The summed E-state index contributed by atoms with van der Waals surface area (Å²) in [5, 5.41) is 1.36. The maximum atomic E-state index is 6.27. The monoisotopic (exact) mass is 281 g/mol. The van der Waals surface area contributed by atoms with Gasteiger partial charge in [-0.25, -0.2) is 0 Å². The molecule has 100 valence electrons. The zero-order valence-corrected chi connectivity index (χ0v) is 12.0. The van der Waals surface area contributed by atoms with Crippen molar-refractivity contribution in [3.63, 3.8) is 0 Å². The van der Waals surface area contributed by atoms with Gasteiger partial charge in [0.25, 0.3) is 0 Å². The summed E-state index contributed by atoms with van der Waals surface area (Å²) in [6.45, 7) is 0. The zero-order valence-electron chi connectivity index (χ0n) is 11.3. The molecule has 4 rings (SSSR count). The van der Waals surface area contributed by atoms with Crippen LogP contribution in [0.3, 0.4) is 0 Å². The lowest BCUT2D eigenvalue weighted by Crippen LogP contribution is -1.97. The average Bonchev–Trinajstić information content (AvgIpc) is 2.69. The van der Waals surface area contributed by atoms with E-state index in [9.17, 15) is 0 Å². The molecule has 0 bridgehead atoms. The molecule has 1 aliphatic rings. The molecule has 0 unspecified atom stereocenters. The van der Waals surface area contributed by atoms with Crippen molar-refractivity contribution in [3.05, 3.63) is 59.7 Å². The van der Waals surface area contributed by atoms with E-state index in [0.717, 1.165) is 12.8 Å². The molecule has 1 heterocycles. The fourth-order valence-corrected chi connectivity index (χ4v) is 3.73. The highest BCUT2D eigenvalue weighted by Gasteiger charge is 2.21. The van der Waals surface area contributed by atoms with Gasteiger partial charge in [-0.1, -0.05) is 42.5 Å². The SMILES string of the molecule is ClCn1c2c(c3ccccc31)CCCc1ccccc1-2. The van der Waals surface area contributed by atoms with Gasteiger partial charge in [0.2, 0.25) is 0 Å². The van der Waals surface area contributed by atoms with Gasteiger partial charge in [0, 0.05) is 16.5 Å². The minimum absolute atomic E-state index is 0.504. The Morgan fingerprint density at radius 3 is 2.65 bits per heavy atom. The molecule has 0 radical (unpaired) electrons. The Labute approximate surface area is 123 Å². The van der Waals surface area contributed by atoms with Crippen LogP contribution in [0.15, 0.2) is 48.5 Å². The number of aryl methyl sites for hydroxylation is 2. The number of fused-ring (bicyclic) bond motifs is 5. The third-order valence-electron chi connectivity index (χ3n) is 4.34. The molecule has 2 heteroatoms. The van der Waals surface area contributed by atoms with Crippen LogP contribution in [-0.2, 0) is 18.8 Å². The molecule has 0 N–H and O–H groups in total. The summed E-state index contributed by atoms with van der Waals surface area (Å²) in [5.41, 5.74) is 6.85. The summed E-state index contributed by atoms with van der Waals surface area (Å²) in [4.78, 5) is 0. The second kappa shape index (κ2) is 4.68. The maximum Gasteiger partial charge on any atom is 0.0977 e. The first-order valence-electron chi connectivity index (χ1n) is 7.14. The van der Waals surface area contributed by atoms with Crippen molar-refractivity contribution in [2.45, 2.75) is 25.3 Å². The maximum absolute atomic E-state index is 6.27. The molecular weight excluding hydrogens is 266 g/mol. The molecule has 0 saturated carbocycles. The summed E-state index contributed by atoms with van der Waals surface area (Å²) >= 11 is 6.27. The van der Waals surface area contributed by atoms with Crippen LogP contribution in [0, 0.1) is 0 Å². The molecule has 1 aliphatic carbocycles. The number of nitrogens with zero attached hydrogens (tertiary/aromatic N) is 1. The molecule has 1 nitrogen and oxygen atoms in total. The van der Waals surface area contributed by atoms with Gasteiger partial charge < -0.3 is 4.57 Å². The van der Waals surface area contributed by atoms with Crippen LogP contribution in [-0.4, -0.2) is 4.57 Å². The minimum Gasteiger partial charge on any atom is -0.326 e. The van der Waals surface area contributed by atoms with E-state index in [4.69, 9.17) is 11.6 Å². The number of halogens is 1. The van der Waals surface area contributed by atoms with E-state index in [1.807, 2.05) is 0 Å². The van der Waals surface area contributed by atoms with Gasteiger partial charge in [-0.3, -0.25) is 0 Å². The van der Waals surface area contributed by atoms with Crippen LogP contribution in [0.1, 0.15) is 17.5 Å². The van der Waals surface area contributed by atoms with Crippen LogP contribution in [0.5, 0.6) is 0 Å². The number of rotatable bonds is 1. The number of hydrogen-bond acceptors (Lipinski definition) is 0. The molecule has 20 heavy (non-hydrogen) atoms. The Morgan fingerprint density at radius 2 is 1.75 bits per heavy atom. The fraction of sp³-hybridized carbons (Fsp3) is 0.222. The van der Waals surface area contributed by atoms with Gasteiger partial charge in [-0.2, -0.15) is 0 Å². The smallest absolute Gasteiger partial charge is 0.0977 e. The topological polar surface area (TPSA) is 4.93 Å². The predicted molar refractivity (Wildman–Crippen MR) is 85.3 cm³/mol. The Bertz CT molecular complexity index is 785. The Hall–Kier alpha value is -1.73. The molecule has 0 aliphatic heterocycles. The molecule has 2 aromatic carbocycles. The molecular formula is C18H16ClN. The normalized spacial score (nSPS) is 13.8. The number of hydrogen-bond donors (Lipinski definition) is 0. The molecule has 1 aromatic heterocycles. The number of para-hydroxylation sites is 1. The quantitative estimate of drug-likeness (QED) is 0.554. The molecule has 0 saturated heterocycles. The molecule has 0 amide bonds.